The summed E-state index contributed by atoms with van der Waals surface area (Å²) in [5.74, 6) is 0.814. The fraction of sp³-hybridized carbons (Fsp3) is 0.125. The van der Waals surface area contributed by atoms with Gasteiger partial charge in [0.15, 0.2) is 17.2 Å². The molecule has 1 aliphatic rings. The molecule has 7 nitrogen and oxygen atoms in total. The molecule has 1 aromatic heterocycles. The number of amides is 1. The predicted molar refractivity (Wildman–Crippen MR) is 117 cm³/mol. The summed E-state index contributed by atoms with van der Waals surface area (Å²) >= 11 is 0. The molecule has 0 spiro atoms. The Hall–Kier alpha value is -4.13. The fourth-order valence-electron chi connectivity index (χ4n) is 3.53. The quantitative estimate of drug-likeness (QED) is 0.552. The monoisotopic (exact) mass is 413 g/mol. The van der Waals surface area contributed by atoms with Gasteiger partial charge in [-0.1, -0.05) is 36.4 Å². The van der Waals surface area contributed by atoms with E-state index in [1.54, 1.807) is 54.6 Å². The molecule has 0 atom stereocenters. The van der Waals surface area contributed by atoms with Crippen molar-refractivity contribution >= 4 is 22.4 Å². The molecule has 0 bridgehead atoms. The average molecular weight is 413 g/mol. The van der Waals surface area contributed by atoms with Crippen molar-refractivity contribution in [2.24, 2.45) is 0 Å². The molecule has 5 rings (SSSR count). The van der Waals surface area contributed by atoms with Crippen LogP contribution >= 0.6 is 0 Å². The van der Waals surface area contributed by atoms with E-state index in [1.165, 1.54) is 4.68 Å². The number of rotatable bonds is 3. The molecule has 2 heterocycles. The van der Waals surface area contributed by atoms with Crippen LogP contribution in [0.25, 0.3) is 16.5 Å². The maximum absolute atomic E-state index is 13.2. The van der Waals surface area contributed by atoms with E-state index in [9.17, 15) is 9.59 Å². The number of anilines is 1. The minimum Gasteiger partial charge on any atom is -0.490 e. The summed E-state index contributed by atoms with van der Waals surface area (Å²) in [6.45, 7) is 1.15. The number of aromatic nitrogens is 2. The number of fused-ring (bicyclic) bond motifs is 2. The third-order valence-electron chi connectivity index (χ3n) is 5.03. The smallest absolute Gasteiger partial charge is 0.279 e. The van der Waals surface area contributed by atoms with Crippen LogP contribution in [0.15, 0.2) is 77.6 Å². The summed E-state index contributed by atoms with van der Waals surface area (Å²) in [4.78, 5) is 26.2. The first-order valence-electron chi connectivity index (χ1n) is 9.99. The topological polar surface area (TPSA) is 82.4 Å². The maximum atomic E-state index is 13.2. The Kier molecular flexibility index (Phi) is 4.84. The number of hydrogen-bond donors (Lipinski definition) is 1. The Bertz CT molecular complexity index is 1330. The van der Waals surface area contributed by atoms with Gasteiger partial charge in [-0.25, -0.2) is 0 Å². The summed E-state index contributed by atoms with van der Waals surface area (Å²) < 4.78 is 12.6. The van der Waals surface area contributed by atoms with Gasteiger partial charge in [-0.3, -0.25) is 9.59 Å². The Morgan fingerprint density at radius 3 is 2.39 bits per heavy atom. The highest BCUT2D eigenvalue weighted by atomic mass is 16.5. The maximum Gasteiger partial charge on any atom is 0.279 e. The van der Waals surface area contributed by atoms with Gasteiger partial charge in [-0.15, -0.1) is 0 Å². The van der Waals surface area contributed by atoms with Crippen LogP contribution in [0.2, 0.25) is 0 Å². The van der Waals surface area contributed by atoms with E-state index in [2.05, 4.69) is 10.4 Å². The van der Waals surface area contributed by atoms with Crippen LogP contribution in [-0.4, -0.2) is 28.9 Å². The first-order valence-corrected chi connectivity index (χ1v) is 9.99. The van der Waals surface area contributed by atoms with Gasteiger partial charge in [0, 0.05) is 23.6 Å². The van der Waals surface area contributed by atoms with Gasteiger partial charge in [0.05, 0.1) is 24.3 Å². The van der Waals surface area contributed by atoms with E-state index in [1.807, 2.05) is 18.2 Å². The molecule has 0 aliphatic carbocycles. The van der Waals surface area contributed by atoms with E-state index in [-0.39, 0.29) is 11.3 Å². The average Bonchev–Trinajstić information content (AvgIpc) is 3.05. The molecule has 3 aromatic carbocycles. The molecule has 1 amide bonds. The minimum absolute atomic E-state index is 0.158. The van der Waals surface area contributed by atoms with Crippen molar-refractivity contribution in [3.05, 3.63) is 88.8 Å². The van der Waals surface area contributed by atoms with E-state index in [4.69, 9.17) is 9.47 Å². The summed E-state index contributed by atoms with van der Waals surface area (Å²) in [6.07, 6.45) is 0.799. The molecular weight excluding hydrogens is 394 g/mol. The Morgan fingerprint density at radius 2 is 1.58 bits per heavy atom. The van der Waals surface area contributed by atoms with E-state index in [0.29, 0.717) is 46.9 Å². The lowest BCUT2D eigenvalue weighted by Crippen LogP contribution is -2.26. The number of nitrogens with one attached hydrogen (secondary N) is 1. The second-order valence-electron chi connectivity index (χ2n) is 7.11. The summed E-state index contributed by atoms with van der Waals surface area (Å²) in [6, 6.07) is 21.3. The third-order valence-corrected chi connectivity index (χ3v) is 5.03. The zero-order chi connectivity index (χ0) is 21.2. The first kappa shape index (κ1) is 18.9. The van der Waals surface area contributed by atoms with Gasteiger partial charge in [-0.05, 0) is 30.3 Å². The van der Waals surface area contributed by atoms with Crippen LogP contribution in [0.1, 0.15) is 16.9 Å². The molecule has 0 fully saturated rings. The van der Waals surface area contributed by atoms with Crippen molar-refractivity contribution in [1.29, 1.82) is 0 Å². The normalized spacial score (nSPS) is 12.9. The standard InChI is InChI=1S/C24H19N3O4/c28-23(25-16-11-12-20-21(15-16)31-14-6-13-30-20)22-18-9-4-5-10-19(18)24(29)27(26-22)17-7-2-1-3-8-17/h1-5,7-12,15H,6,13-14H2,(H,25,28). The molecule has 0 saturated carbocycles. The number of benzene rings is 3. The summed E-state index contributed by atoms with van der Waals surface area (Å²) in [7, 11) is 0. The van der Waals surface area contributed by atoms with Crippen molar-refractivity contribution in [3.8, 4) is 17.2 Å². The van der Waals surface area contributed by atoms with Crippen molar-refractivity contribution in [3.63, 3.8) is 0 Å². The predicted octanol–water partition coefficient (Wildman–Crippen LogP) is 3.80. The third kappa shape index (κ3) is 3.61. The highest BCUT2D eigenvalue weighted by molar-refractivity contribution is 6.11. The highest BCUT2D eigenvalue weighted by Crippen LogP contribution is 2.32. The molecule has 154 valence electrons. The van der Waals surface area contributed by atoms with Crippen LogP contribution in [-0.2, 0) is 0 Å². The number of hydrogen-bond acceptors (Lipinski definition) is 5. The van der Waals surface area contributed by atoms with Crippen LogP contribution in [0, 0.1) is 0 Å². The van der Waals surface area contributed by atoms with Crippen LogP contribution in [0.5, 0.6) is 11.5 Å². The molecule has 0 saturated heterocycles. The fourth-order valence-corrected chi connectivity index (χ4v) is 3.53. The van der Waals surface area contributed by atoms with Gasteiger partial charge >= 0.3 is 0 Å². The van der Waals surface area contributed by atoms with Gasteiger partial charge < -0.3 is 14.8 Å². The van der Waals surface area contributed by atoms with E-state index < -0.39 is 5.91 Å². The lowest BCUT2D eigenvalue weighted by molar-refractivity contribution is 0.102. The van der Waals surface area contributed by atoms with Crippen molar-refractivity contribution in [2.75, 3.05) is 18.5 Å². The Morgan fingerprint density at radius 1 is 0.871 bits per heavy atom. The number of para-hydroxylation sites is 1. The lowest BCUT2D eigenvalue weighted by Gasteiger charge is -2.13. The summed E-state index contributed by atoms with van der Waals surface area (Å²) in [5.41, 5.74) is 1.01. The van der Waals surface area contributed by atoms with Crippen molar-refractivity contribution < 1.29 is 14.3 Å². The van der Waals surface area contributed by atoms with Crippen LogP contribution in [0.4, 0.5) is 5.69 Å². The van der Waals surface area contributed by atoms with Gasteiger partial charge in [-0.2, -0.15) is 9.78 Å². The molecule has 7 heteroatoms. The van der Waals surface area contributed by atoms with E-state index in [0.717, 1.165) is 6.42 Å². The van der Waals surface area contributed by atoms with Crippen LogP contribution in [0.3, 0.4) is 0 Å². The van der Waals surface area contributed by atoms with Gasteiger partial charge in [0.25, 0.3) is 11.5 Å². The van der Waals surface area contributed by atoms with Crippen molar-refractivity contribution in [2.45, 2.75) is 6.42 Å². The largest absolute Gasteiger partial charge is 0.490 e. The zero-order valence-corrected chi connectivity index (χ0v) is 16.6. The number of nitrogens with zero attached hydrogens (tertiary/aromatic N) is 2. The molecule has 31 heavy (non-hydrogen) atoms. The van der Waals surface area contributed by atoms with Crippen LogP contribution < -0.4 is 20.3 Å². The molecule has 0 radical (unpaired) electrons. The zero-order valence-electron chi connectivity index (χ0n) is 16.6. The van der Waals surface area contributed by atoms with Gasteiger partial charge in [0.2, 0.25) is 0 Å². The number of carbonyl (C=O) groups excluding carboxylic acids is 1. The summed E-state index contributed by atoms with van der Waals surface area (Å²) in [5, 5.41) is 8.19. The highest BCUT2D eigenvalue weighted by Gasteiger charge is 2.19. The minimum atomic E-state index is -0.421. The Balaban J connectivity index is 1.57. The Labute approximate surface area is 177 Å². The molecule has 0 unspecified atom stereocenters. The molecule has 1 N–H and O–H groups in total. The molecule has 4 aromatic rings. The second-order valence-corrected chi connectivity index (χ2v) is 7.11. The molecular formula is C24H19N3O4. The molecule has 1 aliphatic heterocycles. The van der Waals surface area contributed by atoms with Gasteiger partial charge in [0.1, 0.15) is 0 Å². The lowest BCUT2D eigenvalue weighted by atomic mass is 10.1. The number of carbonyl (C=O) groups is 1. The van der Waals surface area contributed by atoms with Crippen molar-refractivity contribution in [1.82, 2.24) is 9.78 Å². The SMILES string of the molecule is O=C(Nc1ccc2c(c1)OCCCO2)c1nn(-c2ccccc2)c(=O)c2ccccc12. The number of ether oxygens (including phenoxy) is 2. The first-order chi connectivity index (χ1) is 15.2. The van der Waals surface area contributed by atoms with E-state index >= 15 is 0 Å². The second kappa shape index (κ2) is 7.95.